The van der Waals surface area contributed by atoms with Crippen molar-refractivity contribution in [2.24, 2.45) is 17.8 Å². The van der Waals surface area contributed by atoms with Gasteiger partial charge in [0, 0.05) is 0 Å². The molecule has 2 fully saturated rings. The van der Waals surface area contributed by atoms with Crippen molar-refractivity contribution in [2.45, 2.75) is 38.2 Å². The monoisotopic (exact) mass is 252 g/mol. The van der Waals surface area contributed by atoms with Crippen molar-refractivity contribution < 1.29 is 9.84 Å². The van der Waals surface area contributed by atoms with Crippen molar-refractivity contribution in [1.82, 2.24) is 0 Å². The summed E-state index contributed by atoms with van der Waals surface area (Å²) in [6, 6.07) is 1.95. The Morgan fingerprint density at radius 1 is 1.47 bits per heavy atom. The van der Waals surface area contributed by atoms with Gasteiger partial charge in [0.1, 0.15) is 5.75 Å². The molecule has 0 aliphatic heterocycles. The van der Waals surface area contributed by atoms with Crippen molar-refractivity contribution in [2.75, 3.05) is 7.11 Å². The van der Waals surface area contributed by atoms with E-state index < -0.39 is 0 Å². The van der Waals surface area contributed by atoms with Crippen molar-refractivity contribution in [3.8, 4) is 5.75 Å². The van der Waals surface area contributed by atoms with E-state index in [0.717, 1.165) is 34.8 Å². The average molecular weight is 252 g/mol. The second-order valence-corrected chi connectivity index (χ2v) is 6.49. The SMILES string of the molecule is COc1ccsc1C(O)CC1CC2CCC1C2. The van der Waals surface area contributed by atoms with E-state index in [1.165, 1.54) is 25.7 Å². The zero-order valence-corrected chi connectivity index (χ0v) is 11.1. The van der Waals surface area contributed by atoms with Crippen LogP contribution < -0.4 is 4.74 Å². The van der Waals surface area contributed by atoms with E-state index in [-0.39, 0.29) is 6.10 Å². The summed E-state index contributed by atoms with van der Waals surface area (Å²) >= 11 is 1.61. The Kier molecular flexibility index (Phi) is 3.14. The maximum Gasteiger partial charge on any atom is 0.135 e. The van der Waals surface area contributed by atoms with E-state index >= 15 is 0 Å². The van der Waals surface area contributed by atoms with E-state index in [1.807, 2.05) is 11.4 Å². The van der Waals surface area contributed by atoms with Gasteiger partial charge in [0.15, 0.2) is 0 Å². The van der Waals surface area contributed by atoms with E-state index in [1.54, 1.807) is 18.4 Å². The van der Waals surface area contributed by atoms with E-state index in [2.05, 4.69) is 0 Å². The summed E-state index contributed by atoms with van der Waals surface area (Å²) in [7, 11) is 1.68. The van der Waals surface area contributed by atoms with Gasteiger partial charge in [-0.3, -0.25) is 0 Å². The van der Waals surface area contributed by atoms with Crippen molar-refractivity contribution >= 4 is 11.3 Å². The molecule has 4 atom stereocenters. The lowest BCUT2D eigenvalue weighted by atomic mass is 9.84. The van der Waals surface area contributed by atoms with E-state index in [0.29, 0.717) is 0 Å². The predicted molar refractivity (Wildman–Crippen MR) is 69.4 cm³/mol. The van der Waals surface area contributed by atoms with Crippen LogP contribution in [0.3, 0.4) is 0 Å². The van der Waals surface area contributed by atoms with E-state index in [9.17, 15) is 5.11 Å². The maximum atomic E-state index is 10.3. The largest absolute Gasteiger partial charge is 0.495 e. The number of hydrogen-bond donors (Lipinski definition) is 1. The predicted octanol–water partition coefficient (Wildman–Crippen LogP) is 3.62. The van der Waals surface area contributed by atoms with Crippen LogP contribution in [0.5, 0.6) is 5.75 Å². The highest BCUT2D eigenvalue weighted by atomic mass is 32.1. The lowest BCUT2D eigenvalue weighted by molar-refractivity contribution is 0.126. The summed E-state index contributed by atoms with van der Waals surface area (Å²) < 4.78 is 5.28. The molecule has 4 unspecified atom stereocenters. The van der Waals surface area contributed by atoms with Crippen molar-refractivity contribution in [1.29, 1.82) is 0 Å². The van der Waals surface area contributed by atoms with Gasteiger partial charge in [-0.05, 0) is 54.9 Å². The summed E-state index contributed by atoms with van der Waals surface area (Å²) in [6.07, 6.45) is 6.18. The molecular formula is C14H20O2S. The molecule has 17 heavy (non-hydrogen) atoms. The van der Waals surface area contributed by atoms with Crippen LogP contribution in [-0.4, -0.2) is 12.2 Å². The summed E-state index contributed by atoms with van der Waals surface area (Å²) in [6.45, 7) is 0. The number of ether oxygens (including phenoxy) is 1. The number of hydrogen-bond acceptors (Lipinski definition) is 3. The molecule has 1 aromatic heterocycles. The molecule has 0 spiro atoms. The van der Waals surface area contributed by atoms with Gasteiger partial charge < -0.3 is 9.84 Å². The first-order chi connectivity index (χ1) is 8.28. The molecule has 1 heterocycles. The van der Waals surface area contributed by atoms with Crippen molar-refractivity contribution in [3.63, 3.8) is 0 Å². The average Bonchev–Trinajstić information content (AvgIpc) is 3.04. The van der Waals surface area contributed by atoms with Crippen LogP contribution in [0, 0.1) is 17.8 Å². The summed E-state index contributed by atoms with van der Waals surface area (Å²) in [5.74, 6) is 3.45. The van der Waals surface area contributed by atoms with Gasteiger partial charge in [-0.2, -0.15) is 0 Å². The number of thiophene rings is 1. The van der Waals surface area contributed by atoms with Gasteiger partial charge in [-0.15, -0.1) is 11.3 Å². The van der Waals surface area contributed by atoms with Crippen LogP contribution in [-0.2, 0) is 0 Å². The quantitative estimate of drug-likeness (QED) is 0.887. The number of aliphatic hydroxyl groups is 1. The minimum absolute atomic E-state index is 0.325. The molecule has 2 aliphatic rings. The lowest BCUT2D eigenvalue weighted by Gasteiger charge is -2.24. The summed E-state index contributed by atoms with van der Waals surface area (Å²) in [5.41, 5.74) is 0. The Bertz CT molecular complexity index is 387. The number of rotatable bonds is 4. The minimum Gasteiger partial charge on any atom is -0.495 e. The van der Waals surface area contributed by atoms with Crippen LogP contribution in [0.2, 0.25) is 0 Å². The molecule has 3 heteroatoms. The third kappa shape index (κ3) is 2.11. The number of aliphatic hydroxyl groups excluding tert-OH is 1. The van der Waals surface area contributed by atoms with Gasteiger partial charge >= 0.3 is 0 Å². The minimum atomic E-state index is -0.325. The zero-order chi connectivity index (χ0) is 11.8. The molecule has 0 saturated heterocycles. The Morgan fingerprint density at radius 3 is 3.00 bits per heavy atom. The second-order valence-electron chi connectivity index (χ2n) is 5.54. The van der Waals surface area contributed by atoms with Crippen LogP contribution in [0.25, 0.3) is 0 Å². The molecule has 2 nitrogen and oxygen atoms in total. The fourth-order valence-electron chi connectivity index (χ4n) is 3.78. The standard InChI is InChI=1S/C14H20O2S/c1-16-13-4-5-17-14(13)12(15)8-11-7-9-2-3-10(11)6-9/h4-5,9-12,15H,2-3,6-8H2,1H3. The molecule has 0 radical (unpaired) electrons. The molecular weight excluding hydrogens is 232 g/mol. The summed E-state index contributed by atoms with van der Waals surface area (Å²) in [5, 5.41) is 12.3. The van der Waals surface area contributed by atoms with E-state index in [4.69, 9.17) is 4.74 Å². The normalized spacial score (nSPS) is 32.9. The Morgan fingerprint density at radius 2 is 2.35 bits per heavy atom. The summed E-state index contributed by atoms with van der Waals surface area (Å²) in [4.78, 5) is 1.01. The van der Waals surface area contributed by atoms with Crippen LogP contribution in [0.4, 0.5) is 0 Å². The second kappa shape index (κ2) is 4.62. The lowest BCUT2D eigenvalue weighted by Crippen LogP contribution is -2.14. The fourth-order valence-corrected chi connectivity index (χ4v) is 4.64. The maximum absolute atomic E-state index is 10.3. The van der Waals surface area contributed by atoms with Gasteiger partial charge in [0.2, 0.25) is 0 Å². The van der Waals surface area contributed by atoms with Gasteiger partial charge in [-0.1, -0.05) is 6.42 Å². The van der Waals surface area contributed by atoms with Gasteiger partial charge in [-0.25, -0.2) is 0 Å². The molecule has 1 N–H and O–H groups in total. The first-order valence-corrected chi connectivity index (χ1v) is 7.45. The number of methoxy groups -OCH3 is 1. The van der Waals surface area contributed by atoms with Crippen LogP contribution in [0.15, 0.2) is 11.4 Å². The first-order valence-electron chi connectivity index (χ1n) is 6.57. The fraction of sp³-hybridized carbons (Fsp3) is 0.714. The highest BCUT2D eigenvalue weighted by molar-refractivity contribution is 7.10. The molecule has 3 rings (SSSR count). The Balaban J connectivity index is 1.65. The Labute approximate surface area is 107 Å². The van der Waals surface area contributed by atoms with Gasteiger partial charge in [0.05, 0.1) is 18.1 Å². The molecule has 2 bridgehead atoms. The third-order valence-corrected chi connectivity index (χ3v) is 5.59. The van der Waals surface area contributed by atoms with Crippen LogP contribution in [0.1, 0.15) is 43.1 Å². The molecule has 0 aromatic carbocycles. The highest BCUT2D eigenvalue weighted by Crippen LogP contribution is 2.51. The first kappa shape index (κ1) is 11.5. The van der Waals surface area contributed by atoms with Crippen molar-refractivity contribution in [3.05, 3.63) is 16.3 Å². The molecule has 94 valence electrons. The molecule has 2 aliphatic carbocycles. The smallest absolute Gasteiger partial charge is 0.135 e. The third-order valence-electron chi connectivity index (χ3n) is 4.59. The molecule has 1 aromatic rings. The highest BCUT2D eigenvalue weighted by Gasteiger charge is 2.40. The molecule has 0 amide bonds. The van der Waals surface area contributed by atoms with Crippen LogP contribution >= 0.6 is 11.3 Å². The Hall–Kier alpha value is -0.540. The number of fused-ring (bicyclic) bond motifs is 2. The van der Waals surface area contributed by atoms with Gasteiger partial charge in [0.25, 0.3) is 0 Å². The molecule has 2 saturated carbocycles. The zero-order valence-electron chi connectivity index (χ0n) is 10.3. The topological polar surface area (TPSA) is 29.5 Å².